The van der Waals surface area contributed by atoms with Gasteiger partial charge in [0.1, 0.15) is 0 Å². The Bertz CT molecular complexity index is 183. The number of hydrogen-bond acceptors (Lipinski definition) is 3. The van der Waals surface area contributed by atoms with Crippen LogP contribution in [-0.2, 0) is 10.0 Å². The molecule has 1 aliphatic rings. The first kappa shape index (κ1) is 6.98. The summed E-state index contributed by atoms with van der Waals surface area (Å²) in [6.45, 7) is 1.51. The zero-order valence-corrected chi connectivity index (χ0v) is 6.03. The van der Waals surface area contributed by atoms with Crippen molar-refractivity contribution in [3.8, 4) is 0 Å². The van der Waals surface area contributed by atoms with Crippen molar-refractivity contribution >= 4 is 10.0 Å². The molecule has 0 aromatic carbocycles. The molecule has 0 radical (unpaired) electrons. The largest absolute Gasteiger partial charge is 0.313 e. The van der Waals surface area contributed by atoms with Gasteiger partial charge in [0.25, 0.3) is 0 Å². The lowest BCUT2D eigenvalue weighted by Crippen LogP contribution is -2.56. The fourth-order valence-electron chi connectivity index (χ4n) is 0.675. The van der Waals surface area contributed by atoms with Gasteiger partial charge in [-0.15, -0.1) is 0 Å². The van der Waals surface area contributed by atoms with Gasteiger partial charge < -0.3 is 5.32 Å². The minimum atomic E-state index is -2.97. The van der Waals surface area contributed by atoms with Gasteiger partial charge >= 0.3 is 0 Å². The van der Waals surface area contributed by atoms with Crippen LogP contribution in [0.15, 0.2) is 0 Å². The summed E-state index contributed by atoms with van der Waals surface area (Å²) in [6, 6.07) is 0.125. The summed E-state index contributed by atoms with van der Waals surface area (Å²) in [4.78, 5) is 0. The molecule has 0 amide bonds. The van der Waals surface area contributed by atoms with E-state index in [0.717, 1.165) is 13.1 Å². The molecule has 0 saturated carbocycles. The molecule has 5 heteroatoms. The maximum atomic E-state index is 10.5. The number of rotatable bonds is 2. The molecule has 54 valence electrons. The van der Waals surface area contributed by atoms with E-state index in [1.165, 1.54) is 6.26 Å². The fraction of sp³-hybridized carbons (Fsp3) is 1.00. The highest BCUT2D eigenvalue weighted by Gasteiger charge is 2.19. The van der Waals surface area contributed by atoms with Crippen molar-refractivity contribution in [1.29, 1.82) is 0 Å². The van der Waals surface area contributed by atoms with E-state index < -0.39 is 10.0 Å². The molecule has 0 aliphatic carbocycles. The standard InChI is InChI=1S/C4H10N2O2S/c1-9(7,8)6-4-2-5-3-4/h4-6H,2-3H2,1H3. The van der Waals surface area contributed by atoms with Gasteiger partial charge in [0.15, 0.2) is 0 Å². The Morgan fingerprint density at radius 2 is 2.11 bits per heavy atom. The van der Waals surface area contributed by atoms with Crippen LogP contribution in [0.2, 0.25) is 0 Å². The predicted octanol–water partition coefficient (Wildman–Crippen LogP) is -1.49. The van der Waals surface area contributed by atoms with E-state index in [1.807, 2.05) is 0 Å². The molecule has 2 N–H and O–H groups in total. The molecular weight excluding hydrogens is 140 g/mol. The third-order valence-electron chi connectivity index (χ3n) is 1.16. The van der Waals surface area contributed by atoms with Gasteiger partial charge in [-0.2, -0.15) is 0 Å². The molecule has 0 bridgehead atoms. The third kappa shape index (κ3) is 2.30. The van der Waals surface area contributed by atoms with Gasteiger partial charge in [0.2, 0.25) is 10.0 Å². The average molecular weight is 150 g/mol. The Hall–Kier alpha value is -0.130. The molecule has 1 aliphatic heterocycles. The minimum Gasteiger partial charge on any atom is -0.313 e. The molecule has 4 nitrogen and oxygen atoms in total. The monoisotopic (exact) mass is 150 g/mol. The third-order valence-corrected chi connectivity index (χ3v) is 1.92. The normalized spacial score (nSPS) is 21.4. The van der Waals surface area contributed by atoms with Gasteiger partial charge in [0, 0.05) is 19.1 Å². The first-order valence-corrected chi connectivity index (χ1v) is 4.65. The SMILES string of the molecule is CS(=O)(=O)NC1CNC1. The molecule has 0 spiro atoms. The molecule has 1 fully saturated rings. The molecule has 1 saturated heterocycles. The molecular formula is C4H10N2O2S. The maximum Gasteiger partial charge on any atom is 0.209 e. The van der Waals surface area contributed by atoms with Gasteiger partial charge in [-0.3, -0.25) is 0 Å². The van der Waals surface area contributed by atoms with Gasteiger partial charge in [-0.25, -0.2) is 13.1 Å². The summed E-state index contributed by atoms with van der Waals surface area (Å²) >= 11 is 0. The highest BCUT2D eigenvalue weighted by molar-refractivity contribution is 7.88. The lowest BCUT2D eigenvalue weighted by molar-refractivity contribution is 0.411. The van der Waals surface area contributed by atoms with Crippen molar-refractivity contribution < 1.29 is 8.42 Å². The van der Waals surface area contributed by atoms with E-state index in [2.05, 4.69) is 10.0 Å². The van der Waals surface area contributed by atoms with Crippen molar-refractivity contribution in [2.75, 3.05) is 19.3 Å². The summed E-state index contributed by atoms with van der Waals surface area (Å²) in [6.07, 6.45) is 1.17. The van der Waals surface area contributed by atoms with Crippen LogP contribution in [-0.4, -0.2) is 33.8 Å². The molecule has 1 heterocycles. The first-order chi connectivity index (χ1) is 4.08. The molecule has 0 aromatic rings. The quantitative estimate of drug-likeness (QED) is 0.504. The van der Waals surface area contributed by atoms with E-state index >= 15 is 0 Å². The zero-order chi connectivity index (χ0) is 6.91. The summed E-state index contributed by atoms with van der Waals surface area (Å²) in [5, 5.41) is 2.96. The van der Waals surface area contributed by atoms with Crippen LogP contribution in [0.1, 0.15) is 0 Å². The average Bonchev–Trinajstić information content (AvgIpc) is 1.53. The molecule has 0 atom stereocenters. The molecule has 1 rings (SSSR count). The highest BCUT2D eigenvalue weighted by atomic mass is 32.2. The Morgan fingerprint density at radius 1 is 1.56 bits per heavy atom. The van der Waals surface area contributed by atoms with E-state index in [1.54, 1.807) is 0 Å². The van der Waals surface area contributed by atoms with Gasteiger partial charge in [-0.05, 0) is 0 Å². The second kappa shape index (κ2) is 2.24. The summed E-state index contributed by atoms with van der Waals surface area (Å²) < 4.78 is 23.5. The van der Waals surface area contributed by atoms with Crippen molar-refractivity contribution in [2.45, 2.75) is 6.04 Å². The van der Waals surface area contributed by atoms with Crippen molar-refractivity contribution in [3.63, 3.8) is 0 Å². The summed E-state index contributed by atoms with van der Waals surface area (Å²) in [5.41, 5.74) is 0. The molecule has 9 heavy (non-hydrogen) atoms. The Labute approximate surface area is 54.7 Å². The van der Waals surface area contributed by atoms with Gasteiger partial charge in [0.05, 0.1) is 6.26 Å². The van der Waals surface area contributed by atoms with Crippen molar-refractivity contribution in [2.24, 2.45) is 0 Å². The Morgan fingerprint density at radius 3 is 2.22 bits per heavy atom. The smallest absolute Gasteiger partial charge is 0.209 e. The topological polar surface area (TPSA) is 58.2 Å². The second-order valence-electron chi connectivity index (χ2n) is 2.25. The van der Waals surface area contributed by atoms with Crippen LogP contribution in [0.3, 0.4) is 0 Å². The van der Waals surface area contributed by atoms with Crippen LogP contribution in [0.25, 0.3) is 0 Å². The fourth-order valence-corrected chi connectivity index (χ4v) is 1.45. The minimum absolute atomic E-state index is 0.125. The van der Waals surface area contributed by atoms with Gasteiger partial charge in [-0.1, -0.05) is 0 Å². The number of nitrogens with one attached hydrogen (secondary N) is 2. The summed E-state index contributed by atoms with van der Waals surface area (Å²) in [5.74, 6) is 0. The van der Waals surface area contributed by atoms with Crippen molar-refractivity contribution in [1.82, 2.24) is 10.0 Å². The molecule has 0 unspecified atom stereocenters. The van der Waals surface area contributed by atoms with Crippen LogP contribution in [0.5, 0.6) is 0 Å². The van der Waals surface area contributed by atoms with Crippen LogP contribution < -0.4 is 10.0 Å². The van der Waals surface area contributed by atoms with E-state index in [4.69, 9.17) is 0 Å². The van der Waals surface area contributed by atoms with E-state index in [9.17, 15) is 8.42 Å². The Balaban J connectivity index is 2.33. The van der Waals surface area contributed by atoms with Crippen molar-refractivity contribution in [3.05, 3.63) is 0 Å². The first-order valence-electron chi connectivity index (χ1n) is 2.76. The van der Waals surface area contributed by atoms with Crippen LogP contribution >= 0.6 is 0 Å². The Kier molecular flexibility index (Phi) is 1.74. The van der Waals surface area contributed by atoms with Crippen LogP contribution in [0, 0.1) is 0 Å². The molecule has 0 aromatic heterocycles. The predicted molar refractivity (Wildman–Crippen MR) is 34.6 cm³/mol. The lowest BCUT2D eigenvalue weighted by atomic mass is 10.2. The van der Waals surface area contributed by atoms with Crippen LogP contribution in [0.4, 0.5) is 0 Å². The number of hydrogen-bond donors (Lipinski definition) is 2. The lowest BCUT2D eigenvalue weighted by Gasteiger charge is -2.26. The second-order valence-corrected chi connectivity index (χ2v) is 4.03. The maximum absolute atomic E-state index is 10.5. The highest BCUT2D eigenvalue weighted by Crippen LogP contribution is 1.91. The van der Waals surface area contributed by atoms with E-state index in [0.29, 0.717) is 0 Å². The van der Waals surface area contributed by atoms with E-state index in [-0.39, 0.29) is 6.04 Å². The summed E-state index contributed by atoms with van der Waals surface area (Å²) in [7, 11) is -2.97. The number of sulfonamides is 1. The zero-order valence-electron chi connectivity index (χ0n) is 5.22.